The van der Waals surface area contributed by atoms with Gasteiger partial charge in [-0.05, 0) is 44.4 Å². The second kappa shape index (κ2) is 7.71. The first-order valence-corrected chi connectivity index (χ1v) is 10.2. The van der Waals surface area contributed by atoms with Crippen LogP contribution < -0.4 is 14.8 Å². The molecule has 154 valence electrons. The van der Waals surface area contributed by atoms with Crippen molar-refractivity contribution in [3.63, 3.8) is 0 Å². The number of fused-ring (bicyclic) bond motifs is 1. The molecule has 1 amide bonds. The molecule has 0 bridgehead atoms. The molecular formula is C24H29NO4. The zero-order chi connectivity index (χ0) is 20.5. The molecule has 0 radical (unpaired) electrons. The maximum Gasteiger partial charge on any atom is 0.231 e. The summed E-state index contributed by atoms with van der Waals surface area (Å²) in [5.74, 6) is 1.58. The van der Waals surface area contributed by atoms with Gasteiger partial charge in [-0.1, -0.05) is 30.3 Å². The summed E-state index contributed by atoms with van der Waals surface area (Å²) >= 11 is 0. The molecule has 29 heavy (non-hydrogen) atoms. The summed E-state index contributed by atoms with van der Waals surface area (Å²) in [4.78, 5) is 13.7. The molecule has 1 N–H and O–H groups in total. The minimum Gasteiger partial charge on any atom is -0.497 e. The van der Waals surface area contributed by atoms with Crippen molar-refractivity contribution >= 4 is 5.91 Å². The van der Waals surface area contributed by atoms with Crippen LogP contribution in [0.15, 0.2) is 48.5 Å². The molecule has 2 aromatic rings. The van der Waals surface area contributed by atoms with Gasteiger partial charge in [0.05, 0.1) is 18.6 Å². The standard InChI is InChI=1S/C24H29NO4/c1-23(2)16-20(19-10-9-18(27-3)15-21(19)29-23)25-22(26)24(11-13-28-14-12-24)17-7-5-4-6-8-17/h4-10,15,20H,11-14,16H2,1-3H3,(H,25,26). The number of amides is 1. The van der Waals surface area contributed by atoms with Gasteiger partial charge in [-0.3, -0.25) is 4.79 Å². The van der Waals surface area contributed by atoms with E-state index in [1.165, 1.54) is 0 Å². The third kappa shape index (κ3) is 3.84. The Morgan fingerprint density at radius 2 is 1.83 bits per heavy atom. The van der Waals surface area contributed by atoms with E-state index in [1.807, 2.05) is 36.4 Å². The van der Waals surface area contributed by atoms with Crippen LogP contribution in [-0.2, 0) is 14.9 Å². The average molecular weight is 395 g/mol. The molecule has 1 atom stereocenters. The Morgan fingerprint density at radius 3 is 2.52 bits per heavy atom. The minimum absolute atomic E-state index is 0.0662. The first-order chi connectivity index (χ1) is 13.9. The van der Waals surface area contributed by atoms with Crippen LogP contribution in [0, 0.1) is 0 Å². The van der Waals surface area contributed by atoms with E-state index in [-0.39, 0.29) is 17.6 Å². The van der Waals surface area contributed by atoms with Crippen LogP contribution in [0.3, 0.4) is 0 Å². The highest BCUT2D eigenvalue weighted by Gasteiger charge is 2.44. The lowest BCUT2D eigenvalue weighted by Gasteiger charge is -2.41. The topological polar surface area (TPSA) is 56.8 Å². The summed E-state index contributed by atoms with van der Waals surface area (Å²) in [5.41, 5.74) is 1.11. The van der Waals surface area contributed by atoms with Gasteiger partial charge in [0.25, 0.3) is 0 Å². The second-order valence-corrected chi connectivity index (χ2v) is 8.56. The molecule has 0 saturated carbocycles. The number of rotatable bonds is 4. The van der Waals surface area contributed by atoms with Gasteiger partial charge in [-0.2, -0.15) is 0 Å². The molecule has 5 heteroatoms. The number of hydrogen-bond acceptors (Lipinski definition) is 4. The van der Waals surface area contributed by atoms with Crippen molar-refractivity contribution in [3.05, 3.63) is 59.7 Å². The molecule has 5 nitrogen and oxygen atoms in total. The van der Waals surface area contributed by atoms with Crippen LogP contribution in [0.4, 0.5) is 0 Å². The van der Waals surface area contributed by atoms with Crippen molar-refractivity contribution in [2.75, 3.05) is 20.3 Å². The van der Waals surface area contributed by atoms with Crippen molar-refractivity contribution in [2.45, 2.75) is 50.2 Å². The van der Waals surface area contributed by atoms with E-state index in [1.54, 1.807) is 7.11 Å². The molecule has 0 aliphatic carbocycles. The van der Waals surface area contributed by atoms with Crippen molar-refractivity contribution in [1.82, 2.24) is 5.32 Å². The molecule has 2 aliphatic rings. The van der Waals surface area contributed by atoms with Gasteiger partial charge in [0.1, 0.15) is 17.1 Å². The van der Waals surface area contributed by atoms with E-state index in [0.717, 1.165) is 22.6 Å². The van der Waals surface area contributed by atoms with Crippen LogP contribution in [0.5, 0.6) is 11.5 Å². The Hall–Kier alpha value is -2.53. The van der Waals surface area contributed by atoms with Crippen LogP contribution >= 0.6 is 0 Å². The van der Waals surface area contributed by atoms with E-state index in [4.69, 9.17) is 14.2 Å². The summed E-state index contributed by atoms with van der Waals surface area (Å²) in [6.07, 6.45) is 2.08. The summed E-state index contributed by atoms with van der Waals surface area (Å²) in [6.45, 7) is 5.29. The van der Waals surface area contributed by atoms with E-state index in [9.17, 15) is 4.79 Å². The lowest BCUT2D eigenvalue weighted by Crippen LogP contribution is -2.51. The largest absolute Gasteiger partial charge is 0.497 e. The molecule has 2 aliphatic heterocycles. The maximum absolute atomic E-state index is 13.7. The Morgan fingerprint density at radius 1 is 1.10 bits per heavy atom. The highest BCUT2D eigenvalue weighted by Crippen LogP contribution is 2.43. The zero-order valence-corrected chi connectivity index (χ0v) is 17.4. The molecule has 0 spiro atoms. The lowest BCUT2D eigenvalue weighted by atomic mass is 9.73. The fraction of sp³-hybridized carbons (Fsp3) is 0.458. The predicted octanol–water partition coefficient (Wildman–Crippen LogP) is 4.16. The third-order valence-electron chi connectivity index (χ3n) is 6.09. The Balaban J connectivity index is 1.66. The second-order valence-electron chi connectivity index (χ2n) is 8.56. The van der Waals surface area contributed by atoms with Gasteiger partial charge in [0, 0.05) is 31.3 Å². The first kappa shape index (κ1) is 19.8. The molecular weight excluding hydrogens is 366 g/mol. The number of carbonyl (C=O) groups is 1. The smallest absolute Gasteiger partial charge is 0.231 e. The van der Waals surface area contributed by atoms with E-state index >= 15 is 0 Å². The molecule has 2 aromatic carbocycles. The zero-order valence-electron chi connectivity index (χ0n) is 17.4. The van der Waals surface area contributed by atoms with Crippen LogP contribution in [0.25, 0.3) is 0 Å². The maximum atomic E-state index is 13.7. The van der Waals surface area contributed by atoms with Crippen molar-refractivity contribution in [3.8, 4) is 11.5 Å². The molecule has 1 saturated heterocycles. The number of ether oxygens (including phenoxy) is 3. The normalized spacial score (nSPS) is 22.1. The average Bonchev–Trinajstić information content (AvgIpc) is 2.73. The molecule has 1 unspecified atom stereocenters. The van der Waals surface area contributed by atoms with E-state index in [0.29, 0.717) is 32.5 Å². The van der Waals surface area contributed by atoms with Gasteiger partial charge in [-0.25, -0.2) is 0 Å². The fourth-order valence-electron chi connectivity index (χ4n) is 4.51. The highest BCUT2D eigenvalue weighted by molar-refractivity contribution is 5.89. The molecule has 0 aromatic heterocycles. The minimum atomic E-state index is -0.561. The summed E-state index contributed by atoms with van der Waals surface area (Å²) in [7, 11) is 1.64. The van der Waals surface area contributed by atoms with E-state index < -0.39 is 5.41 Å². The SMILES string of the molecule is COc1ccc2c(c1)OC(C)(C)CC2NC(=O)C1(c2ccccc2)CCOCC1. The highest BCUT2D eigenvalue weighted by atomic mass is 16.5. The van der Waals surface area contributed by atoms with Gasteiger partial charge >= 0.3 is 0 Å². The number of benzene rings is 2. The van der Waals surface area contributed by atoms with Gasteiger partial charge in [0.2, 0.25) is 5.91 Å². The number of methoxy groups -OCH3 is 1. The third-order valence-corrected chi connectivity index (χ3v) is 6.09. The van der Waals surface area contributed by atoms with Crippen LogP contribution in [-0.4, -0.2) is 31.8 Å². The van der Waals surface area contributed by atoms with E-state index in [2.05, 4.69) is 31.3 Å². The molecule has 4 rings (SSSR count). The summed E-state index contributed by atoms with van der Waals surface area (Å²) in [6, 6.07) is 15.8. The van der Waals surface area contributed by atoms with Gasteiger partial charge in [-0.15, -0.1) is 0 Å². The summed E-state index contributed by atoms with van der Waals surface area (Å²) < 4.78 is 17.1. The quantitative estimate of drug-likeness (QED) is 0.845. The number of hydrogen-bond donors (Lipinski definition) is 1. The Labute approximate surface area is 172 Å². The Bertz CT molecular complexity index is 872. The molecule has 2 heterocycles. The predicted molar refractivity (Wildman–Crippen MR) is 111 cm³/mol. The number of carbonyl (C=O) groups excluding carboxylic acids is 1. The van der Waals surface area contributed by atoms with Crippen molar-refractivity contribution in [1.29, 1.82) is 0 Å². The van der Waals surface area contributed by atoms with Gasteiger partial charge < -0.3 is 19.5 Å². The Kier molecular flexibility index (Phi) is 5.26. The fourth-order valence-corrected chi connectivity index (χ4v) is 4.51. The van der Waals surface area contributed by atoms with Crippen LogP contribution in [0.1, 0.15) is 50.3 Å². The molecule has 1 fully saturated rings. The van der Waals surface area contributed by atoms with Crippen molar-refractivity contribution in [2.24, 2.45) is 0 Å². The van der Waals surface area contributed by atoms with Crippen molar-refractivity contribution < 1.29 is 19.0 Å². The monoisotopic (exact) mass is 395 g/mol. The first-order valence-electron chi connectivity index (χ1n) is 10.2. The summed E-state index contributed by atoms with van der Waals surface area (Å²) in [5, 5.41) is 3.36. The van der Waals surface area contributed by atoms with Gasteiger partial charge in [0.15, 0.2) is 0 Å². The lowest BCUT2D eigenvalue weighted by molar-refractivity contribution is -0.131. The number of nitrogens with one attached hydrogen (secondary N) is 1. The van der Waals surface area contributed by atoms with Crippen LogP contribution in [0.2, 0.25) is 0 Å².